The molecule has 1 rings (SSSR count). The van der Waals surface area contributed by atoms with Gasteiger partial charge in [-0.25, -0.2) is 0 Å². The van der Waals surface area contributed by atoms with Gasteiger partial charge in [-0.2, -0.15) is 0 Å². The van der Waals surface area contributed by atoms with E-state index in [1.807, 2.05) is 0 Å². The van der Waals surface area contributed by atoms with Crippen molar-refractivity contribution in [3.8, 4) is 0 Å². The van der Waals surface area contributed by atoms with Gasteiger partial charge in [0.1, 0.15) is 0 Å². The van der Waals surface area contributed by atoms with Crippen LogP contribution in [0.15, 0.2) is 11.6 Å². The molecule has 88 valence electrons. The van der Waals surface area contributed by atoms with Gasteiger partial charge in [0, 0.05) is 6.04 Å². The maximum absolute atomic E-state index is 5.67. The minimum Gasteiger partial charge on any atom is -0.271 e. The van der Waals surface area contributed by atoms with Crippen LogP contribution in [-0.4, -0.2) is 6.04 Å². The standard InChI is InChI=1S/C13H26N2/c1-13(2,3)10-12(15-14)11-8-6-4-5-7-9-11/h8,12,15H,4-7,9-10,14H2,1-3H3. The van der Waals surface area contributed by atoms with Crippen LogP contribution in [0, 0.1) is 5.41 Å². The van der Waals surface area contributed by atoms with Crippen molar-refractivity contribution in [2.24, 2.45) is 11.3 Å². The largest absolute Gasteiger partial charge is 0.271 e. The maximum atomic E-state index is 5.67. The zero-order valence-corrected chi connectivity index (χ0v) is 10.5. The molecule has 0 aromatic carbocycles. The Morgan fingerprint density at radius 1 is 1.33 bits per heavy atom. The normalized spacial score (nSPS) is 20.7. The Morgan fingerprint density at radius 2 is 2.07 bits per heavy atom. The molecular formula is C13H26N2. The van der Waals surface area contributed by atoms with Gasteiger partial charge in [0.15, 0.2) is 0 Å². The number of nitrogens with two attached hydrogens (primary N) is 1. The lowest BCUT2D eigenvalue weighted by Crippen LogP contribution is -2.39. The molecule has 0 amide bonds. The molecule has 0 heterocycles. The molecule has 2 nitrogen and oxygen atoms in total. The third-order valence-corrected chi connectivity index (χ3v) is 3.04. The first kappa shape index (κ1) is 12.7. The number of hydrazine groups is 1. The summed E-state index contributed by atoms with van der Waals surface area (Å²) < 4.78 is 0. The van der Waals surface area contributed by atoms with Gasteiger partial charge in [-0.05, 0) is 37.5 Å². The van der Waals surface area contributed by atoms with Crippen molar-refractivity contribution in [3.63, 3.8) is 0 Å². The topological polar surface area (TPSA) is 38.0 Å². The van der Waals surface area contributed by atoms with Gasteiger partial charge in [-0.15, -0.1) is 0 Å². The van der Waals surface area contributed by atoms with E-state index in [1.54, 1.807) is 0 Å². The summed E-state index contributed by atoms with van der Waals surface area (Å²) in [7, 11) is 0. The van der Waals surface area contributed by atoms with E-state index in [-0.39, 0.29) is 0 Å². The molecule has 0 spiro atoms. The minimum absolute atomic E-state index is 0.337. The van der Waals surface area contributed by atoms with Gasteiger partial charge in [0.25, 0.3) is 0 Å². The van der Waals surface area contributed by atoms with Gasteiger partial charge in [-0.3, -0.25) is 11.3 Å². The molecule has 1 unspecified atom stereocenters. The third kappa shape index (κ3) is 4.80. The predicted octanol–water partition coefficient (Wildman–Crippen LogP) is 3.15. The van der Waals surface area contributed by atoms with Gasteiger partial charge in [0.05, 0.1) is 0 Å². The van der Waals surface area contributed by atoms with Crippen molar-refractivity contribution in [1.29, 1.82) is 0 Å². The second-order valence-corrected chi connectivity index (χ2v) is 5.86. The molecule has 2 heteroatoms. The summed E-state index contributed by atoms with van der Waals surface area (Å²) in [6.45, 7) is 6.82. The molecule has 0 bridgehead atoms. The first-order valence-electron chi connectivity index (χ1n) is 6.18. The van der Waals surface area contributed by atoms with Crippen LogP contribution in [0.25, 0.3) is 0 Å². The first-order valence-corrected chi connectivity index (χ1v) is 6.18. The number of hydrogen-bond acceptors (Lipinski definition) is 2. The van der Waals surface area contributed by atoms with Crippen molar-refractivity contribution in [2.75, 3.05) is 0 Å². The Morgan fingerprint density at radius 3 is 2.67 bits per heavy atom. The highest BCUT2D eigenvalue weighted by Gasteiger charge is 2.21. The van der Waals surface area contributed by atoms with Crippen LogP contribution in [0.3, 0.4) is 0 Å². The average molecular weight is 210 g/mol. The molecule has 1 aliphatic rings. The van der Waals surface area contributed by atoms with E-state index in [9.17, 15) is 0 Å². The van der Waals surface area contributed by atoms with Gasteiger partial charge in [-0.1, -0.05) is 38.8 Å². The molecular weight excluding hydrogens is 184 g/mol. The Kier molecular flexibility index (Phi) is 4.81. The number of nitrogens with one attached hydrogen (secondary N) is 1. The van der Waals surface area contributed by atoms with Crippen LogP contribution < -0.4 is 11.3 Å². The molecule has 0 aromatic rings. The lowest BCUT2D eigenvalue weighted by molar-refractivity contribution is 0.326. The van der Waals surface area contributed by atoms with Crippen LogP contribution in [0.4, 0.5) is 0 Å². The summed E-state index contributed by atoms with van der Waals surface area (Å²) in [6, 6.07) is 0.378. The van der Waals surface area contributed by atoms with E-state index in [1.165, 1.54) is 37.7 Å². The van der Waals surface area contributed by atoms with E-state index in [0.29, 0.717) is 11.5 Å². The van der Waals surface area contributed by atoms with Crippen molar-refractivity contribution >= 4 is 0 Å². The van der Waals surface area contributed by atoms with Crippen LogP contribution in [0.2, 0.25) is 0 Å². The fraction of sp³-hybridized carbons (Fsp3) is 0.846. The quantitative estimate of drug-likeness (QED) is 0.426. The van der Waals surface area contributed by atoms with E-state index in [0.717, 1.165) is 6.42 Å². The lowest BCUT2D eigenvalue weighted by atomic mass is 9.84. The molecule has 0 aromatic heterocycles. The van der Waals surface area contributed by atoms with E-state index in [2.05, 4.69) is 32.3 Å². The maximum Gasteiger partial charge on any atom is 0.0424 e. The molecule has 0 fully saturated rings. The van der Waals surface area contributed by atoms with Gasteiger partial charge < -0.3 is 0 Å². The zero-order valence-electron chi connectivity index (χ0n) is 10.5. The number of hydrogen-bond donors (Lipinski definition) is 2. The monoisotopic (exact) mass is 210 g/mol. The highest BCUT2D eigenvalue weighted by molar-refractivity contribution is 5.12. The van der Waals surface area contributed by atoms with Gasteiger partial charge >= 0.3 is 0 Å². The minimum atomic E-state index is 0.337. The van der Waals surface area contributed by atoms with E-state index < -0.39 is 0 Å². The molecule has 0 saturated heterocycles. The summed E-state index contributed by atoms with van der Waals surface area (Å²) in [5.74, 6) is 5.67. The molecule has 0 aliphatic heterocycles. The van der Waals surface area contributed by atoms with Crippen LogP contribution in [0.1, 0.15) is 59.3 Å². The van der Waals surface area contributed by atoms with Gasteiger partial charge in [0.2, 0.25) is 0 Å². The molecule has 0 saturated carbocycles. The van der Waals surface area contributed by atoms with Crippen molar-refractivity contribution in [1.82, 2.24) is 5.43 Å². The Hall–Kier alpha value is -0.340. The van der Waals surface area contributed by atoms with Crippen molar-refractivity contribution in [2.45, 2.75) is 65.3 Å². The second kappa shape index (κ2) is 5.66. The predicted molar refractivity (Wildman–Crippen MR) is 66.4 cm³/mol. The smallest absolute Gasteiger partial charge is 0.0424 e. The van der Waals surface area contributed by atoms with Crippen LogP contribution in [0.5, 0.6) is 0 Å². The van der Waals surface area contributed by atoms with Crippen LogP contribution >= 0.6 is 0 Å². The molecule has 3 N–H and O–H groups in total. The van der Waals surface area contributed by atoms with E-state index >= 15 is 0 Å². The summed E-state index contributed by atoms with van der Waals surface area (Å²) in [4.78, 5) is 0. The first-order chi connectivity index (χ1) is 7.03. The number of allylic oxidation sites excluding steroid dienone is 1. The average Bonchev–Trinajstić information content (AvgIpc) is 2.40. The molecule has 0 radical (unpaired) electrons. The second-order valence-electron chi connectivity index (χ2n) is 5.86. The fourth-order valence-electron chi connectivity index (χ4n) is 2.27. The fourth-order valence-corrected chi connectivity index (χ4v) is 2.27. The van der Waals surface area contributed by atoms with Crippen LogP contribution in [-0.2, 0) is 0 Å². The summed E-state index contributed by atoms with van der Waals surface area (Å²) >= 11 is 0. The Balaban J connectivity index is 2.60. The SMILES string of the molecule is CC(C)(C)CC(NN)C1=CCCCCC1. The summed E-state index contributed by atoms with van der Waals surface area (Å²) in [5, 5.41) is 0. The third-order valence-electron chi connectivity index (χ3n) is 3.04. The zero-order chi connectivity index (χ0) is 11.3. The highest BCUT2D eigenvalue weighted by atomic mass is 15.2. The molecule has 15 heavy (non-hydrogen) atoms. The molecule has 1 aliphatic carbocycles. The van der Waals surface area contributed by atoms with E-state index in [4.69, 9.17) is 5.84 Å². The lowest BCUT2D eigenvalue weighted by Gasteiger charge is -2.27. The summed E-state index contributed by atoms with van der Waals surface area (Å²) in [5.41, 5.74) is 4.86. The Labute approximate surface area is 94.3 Å². The van der Waals surface area contributed by atoms with Crippen molar-refractivity contribution < 1.29 is 0 Å². The Bertz CT molecular complexity index is 213. The summed E-state index contributed by atoms with van der Waals surface area (Å²) in [6.07, 6.45) is 10.0. The van der Waals surface area contributed by atoms with Crippen molar-refractivity contribution in [3.05, 3.63) is 11.6 Å². The highest BCUT2D eigenvalue weighted by Crippen LogP contribution is 2.27. The number of rotatable bonds is 3. The molecule has 1 atom stereocenters.